The monoisotopic (exact) mass is 383 g/mol. The molecule has 0 saturated carbocycles. The van der Waals surface area contributed by atoms with Crippen LogP contribution in [0.2, 0.25) is 0 Å². The van der Waals surface area contributed by atoms with E-state index in [0.29, 0.717) is 39.3 Å². The first-order valence-corrected chi connectivity index (χ1v) is 8.80. The first-order chi connectivity index (χ1) is 13.1. The summed E-state index contributed by atoms with van der Waals surface area (Å²) in [6, 6.07) is 5.62. The third kappa shape index (κ3) is 3.76. The average molecular weight is 383 g/mol. The molecule has 2 heterocycles. The van der Waals surface area contributed by atoms with Crippen LogP contribution in [-0.4, -0.2) is 28.0 Å². The molecule has 138 valence electrons. The van der Waals surface area contributed by atoms with E-state index in [1.54, 1.807) is 47.7 Å². The molecule has 8 nitrogen and oxygen atoms in total. The Morgan fingerprint density at radius 2 is 2.00 bits per heavy atom. The summed E-state index contributed by atoms with van der Waals surface area (Å²) in [5.74, 6) is 1.04. The molecule has 27 heavy (non-hydrogen) atoms. The van der Waals surface area contributed by atoms with E-state index in [-0.39, 0.29) is 0 Å². The van der Waals surface area contributed by atoms with E-state index in [9.17, 15) is 14.0 Å². The molecule has 1 N–H and O–H groups in total. The van der Waals surface area contributed by atoms with Gasteiger partial charge in [-0.3, -0.25) is 9.19 Å². The molecule has 1 aromatic carbocycles. The molecule has 3 rings (SSSR count). The van der Waals surface area contributed by atoms with Crippen LogP contribution in [-0.2, 0) is 11.3 Å². The van der Waals surface area contributed by atoms with Gasteiger partial charge >= 0.3 is 0 Å². The zero-order valence-corrected chi connectivity index (χ0v) is 15.3. The summed E-state index contributed by atoms with van der Waals surface area (Å²) in [6.07, 6.45) is 9.71. The number of nitriles is 1. The highest BCUT2D eigenvalue weighted by Crippen LogP contribution is 2.37. The Kier molecular flexibility index (Phi) is 5.40. The highest BCUT2D eigenvalue weighted by atomic mass is 32.2. The molecule has 0 amide bonds. The van der Waals surface area contributed by atoms with E-state index < -0.39 is 11.3 Å². The predicted octanol–water partition coefficient (Wildman–Crippen LogP) is 2.24. The van der Waals surface area contributed by atoms with E-state index in [1.807, 2.05) is 0 Å². The van der Waals surface area contributed by atoms with Crippen LogP contribution in [0, 0.1) is 11.3 Å². The van der Waals surface area contributed by atoms with Gasteiger partial charge in [0, 0.05) is 47.0 Å². The average Bonchev–Trinajstić information content (AvgIpc) is 2.90. The van der Waals surface area contributed by atoms with Crippen molar-refractivity contribution < 1.29 is 18.2 Å². The van der Waals surface area contributed by atoms with Crippen LogP contribution in [0.3, 0.4) is 0 Å². The molecule has 9 heteroatoms. The maximum atomic E-state index is 10.8. The fourth-order valence-corrected chi connectivity index (χ4v) is 3.01. The number of ether oxygens (including phenoxy) is 2. The number of aromatic nitrogens is 1. The van der Waals surface area contributed by atoms with Crippen molar-refractivity contribution in [2.75, 3.05) is 19.1 Å². The van der Waals surface area contributed by atoms with Crippen molar-refractivity contribution in [3.05, 3.63) is 60.2 Å². The molecule has 0 spiro atoms. The lowest BCUT2D eigenvalue weighted by Gasteiger charge is -2.20. The Morgan fingerprint density at radius 1 is 1.26 bits per heavy atom. The number of benzene rings is 1. The fraction of sp³-hybridized carbons (Fsp3) is 0.111. The van der Waals surface area contributed by atoms with Gasteiger partial charge in [-0.15, -0.1) is 0 Å². The molecule has 1 unspecified atom stereocenters. The number of fused-ring (bicyclic) bond motifs is 1. The number of nitrogens with zero attached hydrogens (tertiary/aromatic N) is 3. The van der Waals surface area contributed by atoms with Gasteiger partial charge in [0.05, 0.1) is 31.0 Å². The Hall–Kier alpha value is -3.35. The number of rotatable bonds is 5. The molecule has 1 aliphatic rings. The van der Waals surface area contributed by atoms with Crippen molar-refractivity contribution in [1.82, 2.24) is 9.71 Å². The smallest absolute Gasteiger partial charge is 0.162 e. The van der Waals surface area contributed by atoms with Crippen LogP contribution >= 0.6 is 0 Å². The van der Waals surface area contributed by atoms with Gasteiger partial charge in [0.25, 0.3) is 0 Å². The molecule has 1 aliphatic heterocycles. The molecule has 0 fully saturated rings. The highest BCUT2D eigenvalue weighted by Gasteiger charge is 2.17. The summed E-state index contributed by atoms with van der Waals surface area (Å²) in [5.41, 5.74) is 1.96. The molecule has 0 saturated heterocycles. The van der Waals surface area contributed by atoms with E-state index in [2.05, 4.69) is 15.8 Å². The van der Waals surface area contributed by atoms with Crippen molar-refractivity contribution in [2.45, 2.75) is 0 Å². The first-order valence-electron chi connectivity index (χ1n) is 7.73. The standard InChI is InChI=1S/C18H16N4O4S/c1-25-16-8-14-15(9-17(16)26-2)20-11-12(10-19)18(14)22-6-3-4-13(5-7-22)21-27(23)24/h3-9,11,21H,1-2H3,(H,23,24)/p-1. The summed E-state index contributed by atoms with van der Waals surface area (Å²) in [7, 11) is 3.07. The minimum atomic E-state index is -2.43. The van der Waals surface area contributed by atoms with Crippen molar-refractivity contribution in [3.63, 3.8) is 0 Å². The lowest BCUT2D eigenvalue weighted by atomic mass is 10.1. The summed E-state index contributed by atoms with van der Waals surface area (Å²) >= 11 is -2.43. The third-order valence-corrected chi connectivity index (χ3v) is 4.26. The Balaban J connectivity index is 2.16. The Labute approximate surface area is 158 Å². The van der Waals surface area contributed by atoms with Crippen LogP contribution in [0.5, 0.6) is 11.5 Å². The van der Waals surface area contributed by atoms with Gasteiger partial charge in [0.1, 0.15) is 6.07 Å². The quantitative estimate of drug-likeness (QED) is 0.788. The van der Waals surface area contributed by atoms with E-state index in [4.69, 9.17) is 9.47 Å². The minimum Gasteiger partial charge on any atom is -0.755 e. The maximum absolute atomic E-state index is 10.8. The number of allylic oxidation sites excluding steroid dienone is 3. The first kappa shape index (κ1) is 18.4. The number of hydrogen-bond acceptors (Lipinski definition) is 7. The van der Waals surface area contributed by atoms with Gasteiger partial charge in [0.2, 0.25) is 0 Å². The van der Waals surface area contributed by atoms with Crippen LogP contribution in [0.25, 0.3) is 10.9 Å². The van der Waals surface area contributed by atoms with Crippen molar-refractivity contribution in [1.29, 1.82) is 5.26 Å². The second-order valence-electron chi connectivity index (χ2n) is 5.38. The maximum Gasteiger partial charge on any atom is 0.162 e. The fourth-order valence-electron chi connectivity index (χ4n) is 2.68. The lowest BCUT2D eigenvalue weighted by molar-refractivity contribution is 0.356. The number of nitrogens with one attached hydrogen (secondary N) is 1. The normalized spacial score (nSPS) is 14.3. The SMILES string of the molecule is COc1cc2ncc(C#N)c(N3C=CC=C(NS(=O)[O-])C=C3)c2cc1OC. The van der Waals surface area contributed by atoms with E-state index >= 15 is 0 Å². The molecule has 0 aliphatic carbocycles. The Bertz CT molecular complexity index is 1040. The number of anilines is 1. The van der Waals surface area contributed by atoms with Crippen LogP contribution < -0.4 is 19.1 Å². The van der Waals surface area contributed by atoms with Crippen molar-refractivity contribution in [3.8, 4) is 17.6 Å². The van der Waals surface area contributed by atoms with E-state index in [1.165, 1.54) is 20.4 Å². The second kappa shape index (κ2) is 7.90. The lowest BCUT2D eigenvalue weighted by Crippen LogP contribution is -2.14. The number of pyridine rings is 1. The minimum absolute atomic E-state index is 0.354. The van der Waals surface area contributed by atoms with Crippen molar-refractivity contribution >= 4 is 27.9 Å². The summed E-state index contributed by atoms with van der Waals surface area (Å²) in [4.78, 5) is 6.05. The van der Waals surface area contributed by atoms with Gasteiger partial charge in [-0.25, -0.2) is 0 Å². The Morgan fingerprint density at radius 3 is 2.67 bits per heavy atom. The topological polar surface area (TPSA) is 111 Å². The van der Waals surface area contributed by atoms with Crippen LogP contribution in [0.1, 0.15) is 5.56 Å². The van der Waals surface area contributed by atoms with Gasteiger partial charge in [-0.2, -0.15) is 5.26 Å². The second-order valence-corrected chi connectivity index (χ2v) is 6.05. The summed E-state index contributed by atoms with van der Waals surface area (Å²) in [5, 5.41) is 10.2. The van der Waals surface area contributed by atoms with Crippen LogP contribution in [0.4, 0.5) is 5.69 Å². The summed E-state index contributed by atoms with van der Waals surface area (Å²) < 4.78 is 34.6. The van der Waals surface area contributed by atoms with Crippen LogP contribution in [0.15, 0.2) is 54.7 Å². The predicted molar refractivity (Wildman–Crippen MR) is 100 cm³/mol. The van der Waals surface area contributed by atoms with Gasteiger partial charge in [-0.1, -0.05) is 0 Å². The number of hydrogen-bond donors (Lipinski definition) is 1. The number of methoxy groups -OCH3 is 2. The summed E-state index contributed by atoms with van der Waals surface area (Å²) in [6.45, 7) is 0. The molecule has 1 aromatic heterocycles. The molecular weight excluding hydrogens is 368 g/mol. The van der Waals surface area contributed by atoms with Gasteiger partial charge in [-0.05, 0) is 24.3 Å². The van der Waals surface area contributed by atoms with E-state index in [0.717, 1.165) is 0 Å². The third-order valence-electron chi connectivity index (χ3n) is 3.86. The molecule has 2 aromatic rings. The zero-order chi connectivity index (χ0) is 19.4. The zero-order valence-electron chi connectivity index (χ0n) is 14.5. The van der Waals surface area contributed by atoms with Gasteiger partial charge in [0.15, 0.2) is 11.5 Å². The molecule has 0 bridgehead atoms. The van der Waals surface area contributed by atoms with Gasteiger partial charge < -0.3 is 23.6 Å². The molecule has 1 atom stereocenters. The highest BCUT2D eigenvalue weighted by molar-refractivity contribution is 7.77. The largest absolute Gasteiger partial charge is 0.755 e. The van der Waals surface area contributed by atoms with Crippen molar-refractivity contribution in [2.24, 2.45) is 0 Å². The molecular formula is C18H15N4O4S-. The molecule has 0 radical (unpaired) electrons.